The SMILES string of the molecule is CCCCOCCCN1C(=O)C(c2ccc(OCCC)cc2)=C(N2CCN(CC)CC2)C1=O. The number of piperazine rings is 1. The second kappa shape index (κ2) is 12.8. The fraction of sp³-hybridized carbons (Fsp3) is 0.615. The fourth-order valence-electron chi connectivity index (χ4n) is 4.22. The summed E-state index contributed by atoms with van der Waals surface area (Å²) in [6, 6.07) is 7.55. The smallest absolute Gasteiger partial charge is 0.277 e. The van der Waals surface area contributed by atoms with Gasteiger partial charge in [-0.05, 0) is 43.5 Å². The number of nitrogens with zero attached hydrogens (tertiary/aromatic N) is 3. The van der Waals surface area contributed by atoms with Gasteiger partial charge in [0.15, 0.2) is 0 Å². The second-order valence-corrected chi connectivity index (χ2v) is 8.60. The van der Waals surface area contributed by atoms with Gasteiger partial charge in [-0.1, -0.05) is 39.3 Å². The molecule has 2 heterocycles. The van der Waals surface area contributed by atoms with Crippen molar-refractivity contribution in [3.8, 4) is 5.75 Å². The summed E-state index contributed by atoms with van der Waals surface area (Å²) in [4.78, 5) is 32.8. The van der Waals surface area contributed by atoms with Gasteiger partial charge in [-0.15, -0.1) is 0 Å². The lowest BCUT2D eigenvalue weighted by Crippen LogP contribution is -2.47. The van der Waals surface area contributed by atoms with E-state index in [9.17, 15) is 9.59 Å². The largest absolute Gasteiger partial charge is 0.494 e. The highest BCUT2D eigenvalue weighted by Crippen LogP contribution is 2.33. The van der Waals surface area contributed by atoms with Crippen LogP contribution in [0.15, 0.2) is 30.0 Å². The molecule has 2 aliphatic rings. The van der Waals surface area contributed by atoms with Gasteiger partial charge >= 0.3 is 0 Å². The maximum Gasteiger partial charge on any atom is 0.277 e. The zero-order valence-corrected chi connectivity index (χ0v) is 20.5. The van der Waals surface area contributed by atoms with Crippen LogP contribution in [0.2, 0.25) is 0 Å². The van der Waals surface area contributed by atoms with Crippen LogP contribution < -0.4 is 4.74 Å². The number of carbonyl (C=O) groups is 2. The third-order valence-electron chi connectivity index (χ3n) is 6.21. The molecule has 0 unspecified atom stereocenters. The minimum atomic E-state index is -0.205. The Kier molecular flexibility index (Phi) is 9.76. The van der Waals surface area contributed by atoms with Crippen LogP contribution in [0.4, 0.5) is 0 Å². The number of benzene rings is 1. The molecule has 33 heavy (non-hydrogen) atoms. The van der Waals surface area contributed by atoms with Crippen molar-refractivity contribution in [3.63, 3.8) is 0 Å². The molecular formula is C26H39N3O4. The summed E-state index contributed by atoms with van der Waals surface area (Å²) >= 11 is 0. The Bertz CT molecular complexity index is 813. The monoisotopic (exact) mass is 457 g/mol. The van der Waals surface area contributed by atoms with E-state index >= 15 is 0 Å². The number of hydrogen-bond donors (Lipinski definition) is 0. The predicted octanol–water partition coefficient (Wildman–Crippen LogP) is 3.40. The molecule has 0 aromatic heterocycles. The van der Waals surface area contributed by atoms with Crippen molar-refractivity contribution >= 4 is 17.4 Å². The average molecular weight is 458 g/mol. The van der Waals surface area contributed by atoms with Gasteiger partial charge in [0.2, 0.25) is 0 Å². The molecule has 1 fully saturated rings. The molecule has 0 N–H and O–H groups in total. The summed E-state index contributed by atoms with van der Waals surface area (Å²) in [6.45, 7) is 12.9. The van der Waals surface area contributed by atoms with E-state index in [0.717, 1.165) is 69.9 Å². The molecule has 1 saturated heterocycles. The van der Waals surface area contributed by atoms with Crippen LogP contribution >= 0.6 is 0 Å². The maximum absolute atomic E-state index is 13.5. The van der Waals surface area contributed by atoms with Crippen molar-refractivity contribution in [3.05, 3.63) is 35.5 Å². The number of unbranched alkanes of at least 4 members (excludes halogenated alkanes) is 1. The van der Waals surface area contributed by atoms with E-state index in [0.29, 0.717) is 37.4 Å². The summed E-state index contributed by atoms with van der Waals surface area (Å²) in [5.74, 6) is 0.390. The topological polar surface area (TPSA) is 62.3 Å². The molecule has 2 aliphatic heterocycles. The van der Waals surface area contributed by atoms with Gasteiger partial charge in [-0.2, -0.15) is 0 Å². The second-order valence-electron chi connectivity index (χ2n) is 8.60. The first-order valence-electron chi connectivity index (χ1n) is 12.5. The van der Waals surface area contributed by atoms with Crippen LogP contribution in [-0.4, -0.2) is 85.6 Å². The van der Waals surface area contributed by atoms with Gasteiger partial charge in [0.1, 0.15) is 11.4 Å². The molecule has 1 aromatic rings. The lowest BCUT2D eigenvalue weighted by molar-refractivity contribution is -0.137. The zero-order chi connectivity index (χ0) is 23.6. The number of amides is 2. The van der Waals surface area contributed by atoms with Gasteiger partial charge in [-0.25, -0.2) is 0 Å². The highest BCUT2D eigenvalue weighted by atomic mass is 16.5. The third kappa shape index (κ3) is 6.36. The molecule has 2 amide bonds. The normalized spacial score (nSPS) is 17.4. The van der Waals surface area contributed by atoms with Crippen LogP contribution in [0, 0.1) is 0 Å². The minimum Gasteiger partial charge on any atom is -0.494 e. The highest BCUT2D eigenvalue weighted by Gasteiger charge is 2.41. The van der Waals surface area contributed by atoms with Gasteiger partial charge in [0, 0.05) is 45.9 Å². The van der Waals surface area contributed by atoms with E-state index in [4.69, 9.17) is 9.47 Å². The number of hydrogen-bond acceptors (Lipinski definition) is 6. The van der Waals surface area contributed by atoms with Gasteiger partial charge in [0.25, 0.3) is 11.8 Å². The van der Waals surface area contributed by atoms with E-state index in [1.165, 1.54) is 4.90 Å². The number of rotatable bonds is 13. The van der Waals surface area contributed by atoms with Gasteiger partial charge in [-0.3, -0.25) is 14.5 Å². The molecule has 0 radical (unpaired) electrons. The van der Waals surface area contributed by atoms with Crippen LogP contribution in [-0.2, 0) is 14.3 Å². The van der Waals surface area contributed by atoms with Crippen LogP contribution in [0.3, 0.4) is 0 Å². The summed E-state index contributed by atoms with van der Waals surface area (Å²) in [5, 5.41) is 0. The van der Waals surface area contributed by atoms with Crippen LogP contribution in [0.25, 0.3) is 5.57 Å². The van der Waals surface area contributed by atoms with Gasteiger partial charge in [0.05, 0.1) is 12.2 Å². The van der Waals surface area contributed by atoms with E-state index < -0.39 is 0 Å². The standard InChI is InChI=1S/C26H39N3O4/c1-4-7-19-32-20-8-13-29-25(30)23(21-9-11-22(12-10-21)33-18-5-2)24(26(29)31)28-16-14-27(6-3)15-17-28/h9-12H,4-8,13-20H2,1-3H3. The van der Waals surface area contributed by atoms with Crippen molar-refractivity contribution in [2.45, 2.75) is 46.5 Å². The molecule has 182 valence electrons. The first-order chi connectivity index (χ1) is 16.1. The number of ether oxygens (including phenoxy) is 2. The molecule has 7 heteroatoms. The molecule has 0 aliphatic carbocycles. The highest BCUT2D eigenvalue weighted by molar-refractivity contribution is 6.35. The van der Waals surface area contributed by atoms with E-state index in [1.807, 2.05) is 24.3 Å². The van der Waals surface area contributed by atoms with Gasteiger partial charge < -0.3 is 19.3 Å². The molecular weight excluding hydrogens is 418 g/mol. The van der Waals surface area contributed by atoms with E-state index in [1.54, 1.807) is 0 Å². The third-order valence-corrected chi connectivity index (χ3v) is 6.21. The van der Waals surface area contributed by atoms with E-state index in [-0.39, 0.29) is 11.8 Å². The number of likely N-dealkylation sites (N-methyl/N-ethyl adjacent to an activating group) is 1. The lowest BCUT2D eigenvalue weighted by atomic mass is 10.0. The molecule has 1 aromatic carbocycles. The zero-order valence-electron chi connectivity index (χ0n) is 20.5. The maximum atomic E-state index is 13.5. The first kappa shape index (κ1) is 25.2. The first-order valence-corrected chi connectivity index (χ1v) is 12.5. The Morgan fingerprint density at radius 2 is 1.52 bits per heavy atom. The quantitative estimate of drug-likeness (QED) is 0.334. The number of carbonyl (C=O) groups excluding carboxylic acids is 2. The van der Waals surface area contributed by atoms with Crippen molar-refractivity contribution < 1.29 is 19.1 Å². The van der Waals surface area contributed by atoms with Crippen molar-refractivity contribution in [1.82, 2.24) is 14.7 Å². The summed E-state index contributed by atoms with van der Waals surface area (Å²) in [6.07, 6.45) is 3.70. The molecule has 3 rings (SSSR count). The van der Waals surface area contributed by atoms with Crippen molar-refractivity contribution in [1.29, 1.82) is 0 Å². The van der Waals surface area contributed by atoms with Crippen molar-refractivity contribution in [2.24, 2.45) is 0 Å². The summed E-state index contributed by atoms with van der Waals surface area (Å²) in [7, 11) is 0. The Labute approximate surface area is 198 Å². The molecule has 0 spiro atoms. The van der Waals surface area contributed by atoms with E-state index in [2.05, 4.69) is 30.6 Å². The number of imide groups is 1. The average Bonchev–Trinajstić information content (AvgIpc) is 3.10. The fourth-order valence-corrected chi connectivity index (χ4v) is 4.22. The molecule has 0 bridgehead atoms. The minimum absolute atomic E-state index is 0.181. The Morgan fingerprint density at radius 1 is 0.818 bits per heavy atom. The summed E-state index contributed by atoms with van der Waals surface area (Å²) < 4.78 is 11.3. The van der Waals surface area contributed by atoms with Crippen LogP contribution in [0.5, 0.6) is 5.75 Å². The Balaban J connectivity index is 1.78. The Morgan fingerprint density at radius 3 is 2.15 bits per heavy atom. The Hall–Kier alpha value is -2.38. The molecule has 0 atom stereocenters. The van der Waals surface area contributed by atoms with Crippen molar-refractivity contribution in [2.75, 3.05) is 59.1 Å². The predicted molar refractivity (Wildman–Crippen MR) is 130 cm³/mol. The molecule has 7 nitrogen and oxygen atoms in total. The lowest BCUT2D eigenvalue weighted by Gasteiger charge is -2.36. The molecule has 0 saturated carbocycles. The summed E-state index contributed by atoms with van der Waals surface area (Å²) in [5.41, 5.74) is 1.83. The van der Waals surface area contributed by atoms with Crippen LogP contribution in [0.1, 0.15) is 52.0 Å².